The molecule has 1 aromatic heterocycles. The van der Waals surface area contributed by atoms with Crippen molar-refractivity contribution in [1.29, 1.82) is 0 Å². The molecule has 142 valence electrons. The number of anilines is 2. The van der Waals surface area contributed by atoms with Gasteiger partial charge in [0.25, 0.3) is 0 Å². The number of aromatic nitrogens is 2. The van der Waals surface area contributed by atoms with Gasteiger partial charge in [0, 0.05) is 26.3 Å². The summed E-state index contributed by atoms with van der Waals surface area (Å²) in [5, 5.41) is 9.86. The molecule has 0 radical (unpaired) electrons. The van der Waals surface area contributed by atoms with Gasteiger partial charge in [0.05, 0.1) is 23.3 Å². The maximum atomic E-state index is 12.2. The third-order valence-corrected chi connectivity index (χ3v) is 5.50. The average molecular weight is 379 g/mol. The third-order valence-electron chi connectivity index (χ3n) is 4.31. The first-order valence-corrected chi connectivity index (χ1v) is 10.0. The van der Waals surface area contributed by atoms with Crippen LogP contribution in [0.2, 0.25) is 0 Å². The number of sulfonamides is 1. The molecule has 0 unspecified atom stereocenters. The van der Waals surface area contributed by atoms with Crippen molar-refractivity contribution in [3.63, 3.8) is 0 Å². The molecule has 0 atom stereocenters. The molecule has 2 amide bonds. The SMILES string of the molecule is Cc1nn(C)c(C)c1CCNC(=O)Nc1ccccc1N(C)S(C)(=O)=O. The van der Waals surface area contributed by atoms with Gasteiger partial charge >= 0.3 is 6.03 Å². The summed E-state index contributed by atoms with van der Waals surface area (Å²) in [5.74, 6) is 0. The summed E-state index contributed by atoms with van der Waals surface area (Å²) < 4.78 is 26.5. The quantitative estimate of drug-likeness (QED) is 0.800. The van der Waals surface area contributed by atoms with Gasteiger partial charge in [-0.15, -0.1) is 0 Å². The number of para-hydroxylation sites is 2. The van der Waals surface area contributed by atoms with E-state index in [1.165, 1.54) is 7.05 Å². The number of nitrogens with zero attached hydrogens (tertiary/aromatic N) is 3. The van der Waals surface area contributed by atoms with Gasteiger partial charge in [-0.2, -0.15) is 5.10 Å². The fourth-order valence-corrected chi connectivity index (χ4v) is 3.20. The molecule has 0 bridgehead atoms. The number of hydrogen-bond acceptors (Lipinski definition) is 4. The minimum Gasteiger partial charge on any atom is -0.338 e. The Morgan fingerprint density at radius 3 is 2.50 bits per heavy atom. The topological polar surface area (TPSA) is 96.3 Å². The van der Waals surface area contributed by atoms with Gasteiger partial charge in [-0.05, 0) is 38.0 Å². The third kappa shape index (κ3) is 4.54. The number of carbonyl (C=O) groups is 1. The van der Waals surface area contributed by atoms with Crippen LogP contribution in [0.5, 0.6) is 0 Å². The molecule has 2 rings (SSSR count). The molecule has 0 aliphatic carbocycles. The van der Waals surface area contributed by atoms with Crippen LogP contribution in [0.4, 0.5) is 16.2 Å². The molecular formula is C17H25N5O3S. The van der Waals surface area contributed by atoms with E-state index in [9.17, 15) is 13.2 Å². The van der Waals surface area contributed by atoms with Crippen LogP contribution in [-0.4, -0.2) is 44.1 Å². The van der Waals surface area contributed by atoms with Crippen LogP contribution in [0, 0.1) is 13.8 Å². The van der Waals surface area contributed by atoms with Gasteiger partial charge in [-0.1, -0.05) is 12.1 Å². The molecule has 9 heteroatoms. The summed E-state index contributed by atoms with van der Waals surface area (Å²) in [7, 11) is -0.0858. The maximum Gasteiger partial charge on any atom is 0.319 e. The van der Waals surface area contributed by atoms with Gasteiger partial charge in [-0.3, -0.25) is 8.99 Å². The van der Waals surface area contributed by atoms with Gasteiger partial charge in [-0.25, -0.2) is 13.2 Å². The molecule has 2 N–H and O–H groups in total. The van der Waals surface area contributed by atoms with Crippen molar-refractivity contribution in [2.45, 2.75) is 20.3 Å². The lowest BCUT2D eigenvalue weighted by Crippen LogP contribution is -2.32. The highest BCUT2D eigenvalue weighted by atomic mass is 32.2. The first-order valence-electron chi connectivity index (χ1n) is 8.18. The number of hydrogen-bond donors (Lipinski definition) is 2. The second-order valence-corrected chi connectivity index (χ2v) is 8.17. The monoisotopic (exact) mass is 379 g/mol. The molecule has 1 aromatic carbocycles. The molecule has 2 aromatic rings. The van der Waals surface area contributed by atoms with Crippen LogP contribution in [0.15, 0.2) is 24.3 Å². The molecule has 0 saturated carbocycles. The van der Waals surface area contributed by atoms with Crippen LogP contribution >= 0.6 is 0 Å². The summed E-state index contributed by atoms with van der Waals surface area (Å²) in [6.07, 6.45) is 1.78. The van der Waals surface area contributed by atoms with Gasteiger partial charge in [0.15, 0.2) is 0 Å². The van der Waals surface area contributed by atoms with E-state index < -0.39 is 16.1 Å². The van der Waals surface area contributed by atoms with Crippen LogP contribution in [-0.2, 0) is 23.5 Å². The maximum absolute atomic E-state index is 12.2. The Morgan fingerprint density at radius 1 is 1.27 bits per heavy atom. The van der Waals surface area contributed by atoms with Crippen molar-refractivity contribution in [2.24, 2.45) is 7.05 Å². The fourth-order valence-electron chi connectivity index (χ4n) is 2.68. The molecule has 1 heterocycles. The van der Waals surface area contributed by atoms with Gasteiger partial charge in [0.2, 0.25) is 10.0 Å². The lowest BCUT2D eigenvalue weighted by Gasteiger charge is -2.20. The Bertz CT molecular complexity index is 905. The predicted molar refractivity (Wildman–Crippen MR) is 103 cm³/mol. The van der Waals surface area contributed by atoms with Crippen molar-refractivity contribution < 1.29 is 13.2 Å². The number of carbonyl (C=O) groups excluding carboxylic acids is 1. The van der Waals surface area contributed by atoms with Crippen LogP contribution in [0.25, 0.3) is 0 Å². The Kier molecular flexibility index (Phi) is 5.91. The summed E-state index contributed by atoms with van der Waals surface area (Å²) >= 11 is 0. The van der Waals surface area contributed by atoms with Crippen molar-refractivity contribution >= 4 is 27.4 Å². The molecular weight excluding hydrogens is 354 g/mol. The Balaban J connectivity index is 2.00. The minimum atomic E-state index is -3.42. The summed E-state index contributed by atoms with van der Waals surface area (Å²) in [6, 6.07) is 6.36. The highest BCUT2D eigenvalue weighted by Crippen LogP contribution is 2.26. The number of aryl methyl sites for hydroxylation is 2. The van der Waals surface area contributed by atoms with Crippen LogP contribution in [0.1, 0.15) is 17.0 Å². The molecule has 0 fully saturated rings. The summed E-state index contributed by atoms with van der Waals surface area (Å²) in [6.45, 7) is 4.38. The fraction of sp³-hybridized carbons (Fsp3) is 0.412. The van der Waals surface area contributed by atoms with E-state index in [1.54, 1.807) is 24.3 Å². The first-order chi connectivity index (χ1) is 12.1. The minimum absolute atomic E-state index is 0.390. The Morgan fingerprint density at radius 2 is 1.92 bits per heavy atom. The van der Waals surface area contributed by atoms with Crippen molar-refractivity contribution in [3.05, 3.63) is 41.2 Å². The molecule has 26 heavy (non-hydrogen) atoms. The van der Waals surface area contributed by atoms with E-state index in [1.807, 2.05) is 25.6 Å². The molecule has 0 saturated heterocycles. The van der Waals surface area contributed by atoms with E-state index in [0.717, 1.165) is 27.5 Å². The normalized spacial score (nSPS) is 11.3. The molecule has 0 spiro atoms. The Hall–Kier alpha value is -2.55. The number of urea groups is 1. The van der Waals surface area contributed by atoms with Gasteiger partial charge < -0.3 is 10.6 Å². The van der Waals surface area contributed by atoms with E-state index >= 15 is 0 Å². The zero-order valence-corrected chi connectivity index (χ0v) is 16.5. The first kappa shape index (κ1) is 19.8. The number of nitrogens with one attached hydrogen (secondary N) is 2. The molecule has 0 aliphatic heterocycles. The zero-order chi connectivity index (χ0) is 19.5. The van der Waals surface area contributed by atoms with E-state index in [-0.39, 0.29) is 0 Å². The molecule has 0 aliphatic rings. The highest BCUT2D eigenvalue weighted by molar-refractivity contribution is 7.92. The van der Waals surface area contributed by atoms with Crippen molar-refractivity contribution in [2.75, 3.05) is 29.5 Å². The van der Waals surface area contributed by atoms with Crippen molar-refractivity contribution in [3.8, 4) is 0 Å². The smallest absolute Gasteiger partial charge is 0.319 e. The summed E-state index contributed by atoms with van der Waals surface area (Å²) in [4.78, 5) is 12.2. The van der Waals surface area contributed by atoms with Crippen LogP contribution < -0.4 is 14.9 Å². The lowest BCUT2D eigenvalue weighted by molar-refractivity contribution is 0.252. The van der Waals surface area contributed by atoms with E-state index in [2.05, 4.69) is 15.7 Å². The largest absolute Gasteiger partial charge is 0.338 e. The van der Waals surface area contributed by atoms with Gasteiger partial charge in [0.1, 0.15) is 0 Å². The standard InChI is InChI=1S/C17H25N5O3S/c1-12-14(13(2)21(3)20-12)10-11-18-17(23)19-15-8-6-7-9-16(15)22(4)26(5,24)25/h6-9H,10-11H2,1-5H3,(H2,18,19,23). The van der Waals surface area contributed by atoms with E-state index in [0.29, 0.717) is 24.3 Å². The number of rotatable bonds is 6. The number of benzene rings is 1. The van der Waals surface area contributed by atoms with Crippen LogP contribution in [0.3, 0.4) is 0 Å². The van der Waals surface area contributed by atoms with Crippen molar-refractivity contribution in [1.82, 2.24) is 15.1 Å². The lowest BCUT2D eigenvalue weighted by atomic mass is 10.1. The second kappa shape index (κ2) is 7.77. The van der Waals surface area contributed by atoms with E-state index in [4.69, 9.17) is 0 Å². The zero-order valence-electron chi connectivity index (χ0n) is 15.7. The Labute approximate surface area is 154 Å². The predicted octanol–water partition coefficient (Wildman–Crippen LogP) is 1.80. The summed E-state index contributed by atoms with van der Waals surface area (Å²) in [5.41, 5.74) is 3.97. The second-order valence-electron chi connectivity index (χ2n) is 6.15. The number of amides is 2. The highest BCUT2D eigenvalue weighted by Gasteiger charge is 2.16. The average Bonchev–Trinajstić information content (AvgIpc) is 2.80. The molecule has 8 nitrogen and oxygen atoms in total.